The first-order chi connectivity index (χ1) is 11.4. The monoisotopic (exact) mass is 332 g/mol. The molecule has 0 atom stereocenters. The van der Waals surface area contributed by atoms with Gasteiger partial charge in [-0.05, 0) is 26.0 Å². The van der Waals surface area contributed by atoms with Crippen LogP contribution in [0.2, 0.25) is 0 Å². The minimum Gasteiger partial charge on any atom is -0.482 e. The molecule has 0 radical (unpaired) electrons. The Bertz CT molecular complexity index is 753. The lowest BCUT2D eigenvalue weighted by molar-refractivity contribution is -0.149. The maximum absolute atomic E-state index is 11.6. The lowest BCUT2D eigenvalue weighted by Crippen LogP contribution is -2.23. The Hall–Kier alpha value is -3.16. The number of aromatic nitrogens is 1. The fourth-order valence-corrected chi connectivity index (χ4v) is 1.74. The summed E-state index contributed by atoms with van der Waals surface area (Å²) in [7, 11) is 0. The van der Waals surface area contributed by atoms with Crippen LogP contribution < -0.4 is 10.1 Å². The van der Waals surface area contributed by atoms with Crippen LogP contribution in [-0.4, -0.2) is 36.0 Å². The molecule has 0 aliphatic rings. The van der Waals surface area contributed by atoms with Gasteiger partial charge < -0.3 is 19.3 Å². The zero-order valence-corrected chi connectivity index (χ0v) is 13.2. The van der Waals surface area contributed by atoms with Gasteiger partial charge in [-0.3, -0.25) is 9.59 Å². The number of nitrogens with zero attached hydrogens (tertiary/aromatic N) is 1. The van der Waals surface area contributed by atoms with Crippen LogP contribution in [0.3, 0.4) is 0 Å². The van der Waals surface area contributed by atoms with Gasteiger partial charge in [0.1, 0.15) is 11.5 Å². The molecule has 0 aliphatic heterocycles. The first kappa shape index (κ1) is 17.2. The summed E-state index contributed by atoms with van der Waals surface area (Å²) in [6.45, 7) is 2.27. The number of esters is 1. The predicted molar refractivity (Wildman–Crippen MR) is 82.8 cm³/mol. The summed E-state index contributed by atoms with van der Waals surface area (Å²) in [5, 5.41) is 5.99. The van der Waals surface area contributed by atoms with Gasteiger partial charge in [0.05, 0.1) is 0 Å². The van der Waals surface area contributed by atoms with Gasteiger partial charge in [0.2, 0.25) is 0 Å². The van der Waals surface area contributed by atoms with E-state index in [0.29, 0.717) is 17.1 Å². The Morgan fingerprint density at radius 2 is 2.00 bits per heavy atom. The maximum Gasteiger partial charge on any atom is 0.344 e. The summed E-state index contributed by atoms with van der Waals surface area (Å²) >= 11 is 0. The molecule has 0 fully saturated rings. The largest absolute Gasteiger partial charge is 0.482 e. The van der Waals surface area contributed by atoms with E-state index in [1.807, 2.05) is 0 Å². The molecule has 1 amide bonds. The van der Waals surface area contributed by atoms with E-state index in [1.165, 1.54) is 19.1 Å². The van der Waals surface area contributed by atoms with Gasteiger partial charge in [-0.15, -0.1) is 0 Å². The predicted octanol–water partition coefficient (Wildman–Crippen LogP) is 1.75. The molecule has 0 spiro atoms. The van der Waals surface area contributed by atoms with Crippen LogP contribution in [0.4, 0.5) is 5.82 Å². The number of carbonyl (C=O) groups is 3. The van der Waals surface area contributed by atoms with Gasteiger partial charge in [-0.25, -0.2) is 4.79 Å². The van der Waals surface area contributed by atoms with E-state index in [1.54, 1.807) is 25.1 Å². The van der Waals surface area contributed by atoms with Gasteiger partial charge >= 0.3 is 5.97 Å². The number of amides is 1. The molecule has 1 aromatic carbocycles. The highest BCUT2D eigenvalue weighted by Crippen LogP contribution is 2.13. The third-order valence-electron chi connectivity index (χ3n) is 2.86. The molecular weight excluding hydrogens is 316 g/mol. The van der Waals surface area contributed by atoms with Crippen molar-refractivity contribution in [2.24, 2.45) is 0 Å². The van der Waals surface area contributed by atoms with Crippen LogP contribution in [0.5, 0.6) is 5.75 Å². The van der Waals surface area contributed by atoms with Crippen LogP contribution in [0.25, 0.3) is 0 Å². The van der Waals surface area contributed by atoms with Crippen molar-refractivity contribution in [1.29, 1.82) is 0 Å². The molecule has 0 bridgehead atoms. The van der Waals surface area contributed by atoms with E-state index < -0.39 is 18.5 Å². The van der Waals surface area contributed by atoms with Gasteiger partial charge in [0.25, 0.3) is 5.91 Å². The highest BCUT2D eigenvalue weighted by Gasteiger charge is 2.11. The minimum absolute atomic E-state index is 0.109. The molecule has 0 saturated heterocycles. The Labute approximate surface area is 137 Å². The van der Waals surface area contributed by atoms with Crippen molar-refractivity contribution in [2.45, 2.75) is 13.8 Å². The second kappa shape index (κ2) is 7.91. The Balaban J connectivity index is 1.74. The summed E-state index contributed by atoms with van der Waals surface area (Å²) in [5.41, 5.74) is 0.475. The zero-order chi connectivity index (χ0) is 17.5. The number of ether oxygens (including phenoxy) is 2. The van der Waals surface area contributed by atoms with Crippen LogP contribution in [0.1, 0.15) is 23.0 Å². The normalized spacial score (nSPS) is 10.1. The molecule has 1 N–H and O–H groups in total. The van der Waals surface area contributed by atoms with E-state index in [9.17, 15) is 14.4 Å². The molecule has 0 aliphatic carbocycles. The standard InChI is InChI=1S/C16H16N2O6/c1-10-6-14(18-24-10)17-15(20)8-23-16(21)9-22-13-5-3-4-12(7-13)11(2)19/h3-7H,8-9H2,1-2H3,(H,17,18,20). The van der Waals surface area contributed by atoms with E-state index in [2.05, 4.69) is 10.5 Å². The molecular formula is C16H16N2O6. The molecule has 1 aromatic heterocycles. The van der Waals surface area contributed by atoms with E-state index in [-0.39, 0.29) is 18.2 Å². The van der Waals surface area contributed by atoms with Gasteiger partial charge in [-0.2, -0.15) is 0 Å². The van der Waals surface area contributed by atoms with E-state index in [4.69, 9.17) is 14.0 Å². The third-order valence-corrected chi connectivity index (χ3v) is 2.86. The second-order valence-electron chi connectivity index (χ2n) is 4.90. The Kier molecular flexibility index (Phi) is 5.67. The number of benzene rings is 1. The number of rotatable bonds is 7. The summed E-state index contributed by atoms with van der Waals surface area (Å²) < 4.78 is 14.8. The highest BCUT2D eigenvalue weighted by atomic mass is 16.6. The Morgan fingerprint density at radius 1 is 1.21 bits per heavy atom. The van der Waals surface area contributed by atoms with Crippen molar-refractivity contribution >= 4 is 23.5 Å². The fourth-order valence-electron chi connectivity index (χ4n) is 1.74. The average Bonchev–Trinajstić information content (AvgIpc) is 2.96. The number of nitrogens with one attached hydrogen (secondary N) is 1. The number of carbonyl (C=O) groups excluding carboxylic acids is 3. The number of aryl methyl sites for hydroxylation is 1. The summed E-state index contributed by atoms with van der Waals surface area (Å²) in [6, 6.07) is 7.95. The van der Waals surface area contributed by atoms with Gasteiger partial charge in [-0.1, -0.05) is 17.3 Å². The number of anilines is 1. The smallest absolute Gasteiger partial charge is 0.344 e. The van der Waals surface area contributed by atoms with Crippen molar-refractivity contribution in [3.8, 4) is 5.75 Å². The second-order valence-corrected chi connectivity index (χ2v) is 4.90. The van der Waals surface area contributed by atoms with E-state index >= 15 is 0 Å². The Morgan fingerprint density at radius 3 is 2.67 bits per heavy atom. The van der Waals surface area contributed by atoms with Crippen LogP contribution in [0, 0.1) is 6.92 Å². The van der Waals surface area contributed by atoms with Crippen molar-refractivity contribution in [1.82, 2.24) is 5.16 Å². The fraction of sp³-hybridized carbons (Fsp3) is 0.250. The van der Waals surface area contributed by atoms with Gasteiger partial charge in [0, 0.05) is 11.6 Å². The highest BCUT2D eigenvalue weighted by molar-refractivity contribution is 5.94. The van der Waals surface area contributed by atoms with Crippen molar-refractivity contribution in [2.75, 3.05) is 18.5 Å². The number of hydrogen-bond acceptors (Lipinski definition) is 7. The van der Waals surface area contributed by atoms with Gasteiger partial charge in [0.15, 0.2) is 24.8 Å². The first-order valence-corrected chi connectivity index (χ1v) is 7.06. The third kappa shape index (κ3) is 5.24. The molecule has 0 unspecified atom stereocenters. The minimum atomic E-state index is -0.713. The first-order valence-electron chi connectivity index (χ1n) is 7.06. The zero-order valence-electron chi connectivity index (χ0n) is 13.2. The van der Waals surface area contributed by atoms with Crippen molar-refractivity contribution < 1.29 is 28.4 Å². The molecule has 8 heteroatoms. The lowest BCUT2D eigenvalue weighted by atomic mass is 10.1. The van der Waals surface area contributed by atoms with Crippen molar-refractivity contribution in [3.05, 3.63) is 41.7 Å². The molecule has 1 heterocycles. The molecule has 24 heavy (non-hydrogen) atoms. The molecule has 8 nitrogen and oxygen atoms in total. The van der Waals surface area contributed by atoms with Crippen molar-refractivity contribution in [3.63, 3.8) is 0 Å². The lowest BCUT2D eigenvalue weighted by Gasteiger charge is -2.07. The molecule has 2 rings (SSSR count). The molecule has 0 saturated carbocycles. The van der Waals surface area contributed by atoms with Crippen LogP contribution in [-0.2, 0) is 14.3 Å². The topological polar surface area (TPSA) is 108 Å². The SMILES string of the molecule is CC(=O)c1cccc(OCC(=O)OCC(=O)Nc2cc(C)on2)c1. The number of hydrogen-bond donors (Lipinski definition) is 1. The average molecular weight is 332 g/mol. The van der Waals surface area contributed by atoms with E-state index in [0.717, 1.165) is 0 Å². The number of Topliss-reactive ketones (excluding diaryl/α,β-unsaturated/α-hetero) is 1. The van der Waals surface area contributed by atoms with Crippen LogP contribution >= 0.6 is 0 Å². The summed E-state index contributed by atoms with van der Waals surface area (Å²) in [6.07, 6.45) is 0. The number of ketones is 1. The molecule has 126 valence electrons. The summed E-state index contributed by atoms with van der Waals surface area (Å²) in [5.74, 6) is -0.218. The maximum atomic E-state index is 11.6. The van der Waals surface area contributed by atoms with Crippen LogP contribution in [0.15, 0.2) is 34.9 Å². The molecule has 2 aromatic rings. The quantitative estimate of drug-likeness (QED) is 0.608. The summed E-state index contributed by atoms with van der Waals surface area (Å²) in [4.78, 5) is 34.4.